The highest BCUT2D eigenvalue weighted by molar-refractivity contribution is 6.02. The van der Waals surface area contributed by atoms with Gasteiger partial charge in [-0.25, -0.2) is 9.78 Å². The van der Waals surface area contributed by atoms with Crippen molar-refractivity contribution in [1.29, 1.82) is 0 Å². The number of carboxylic acids is 1. The number of likely N-dealkylation sites (tertiary alicyclic amines) is 1. The molecule has 0 saturated carbocycles. The number of amides is 1. The van der Waals surface area contributed by atoms with Crippen LogP contribution in [0.15, 0.2) is 47.5 Å². The summed E-state index contributed by atoms with van der Waals surface area (Å²) in [4.78, 5) is 31.0. The molecule has 214 valence electrons. The van der Waals surface area contributed by atoms with Crippen molar-refractivity contribution in [2.45, 2.75) is 32.0 Å². The summed E-state index contributed by atoms with van der Waals surface area (Å²) in [6.07, 6.45) is 5.82. The number of carbonyl (C=O) groups is 2. The first kappa shape index (κ1) is 27.6. The van der Waals surface area contributed by atoms with Gasteiger partial charge in [-0.1, -0.05) is 0 Å². The van der Waals surface area contributed by atoms with E-state index in [1.54, 1.807) is 30.2 Å². The third-order valence-corrected chi connectivity index (χ3v) is 6.90. The van der Waals surface area contributed by atoms with Crippen molar-refractivity contribution in [2.24, 2.45) is 7.05 Å². The molecule has 1 amide bonds. The summed E-state index contributed by atoms with van der Waals surface area (Å²) in [5.41, 5.74) is 10.2. The minimum atomic E-state index is -5.08. The Balaban J connectivity index is 0.000000431. The fourth-order valence-electron chi connectivity index (χ4n) is 4.86. The van der Waals surface area contributed by atoms with E-state index < -0.39 is 12.1 Å². The van der Waals surface area contributed by atoms with E-state index in [-0.39, 0.29) is 11.9 Å². The molecule has 1 aliphatic rings. The van der Waals surface area contributed by atoms with Crippen molar-refractivity contribution in [1.82, 2.24) is 34.4 Å². The van der Waals surface area contributed by atoms with Crippen LogP contribution in [0.1, 0.15) is 25.8 Å². The van der Waals surface area contributed by atoms with Gasteiger partial charge in [-0.2, -0.15) is 23.4 Å². The highest BCUT2D eigenvalue weighted by Gasteiger charge is 2.38. The highest BCUT2D eigenvalue weighted by Crippen LogP contribution is 2.38. The maximum absolute atomic E-state index is 11.6. The van der Waals surface area contributed by atoms with Crippen LogP contribution in [0.2, 0.25) is 0 Å². The third-order valence-electron chi connectivity index (χ3n) is 6.90. The summed E-state index contributed by atoms with van der Waals surface area (Å²) in [5, 5.41) is 18.1. The number of halogens is 3. The smallest absolute Gasteiger partial charge is 0.475 e. The molecule has 0 aromatic carbocycles. The second-order valence-electron chi connectivity index (χ2n) is 9.52. The third kappa shape index (κ3) is 5.42. The molecule has 0 radical (unpaired) electrons. The average Bonchev–Trinajstić information content (AvgIpc) is 3.65. The number of aliphatic carboxylic acids is 1. The number of piperidine rings is 1. The number of carboxylic acid groups (broad SMARTS) is 1. The lowest BCUT2D eigenvalue weighted by Crippen LogP contribution is -2.37. The van der Waals surface area contributed by atoms with Gasteiger partial charge in [0.2, 0.25) is 5.91 Å². The van der Waals surface area contributed by atoms with Gasteiger partial charge in [-0.3, -0.25) is 19.1 Å². The van der Waals surface area contributed by atoms with Gasteiger partial charge in [-0.05, 0) is 25.0 Å². The molecule has 3 N–H and O–H groups in total. The van der Waals surface area contributed by atoms with E-state index in [1.807, 2.05) is 41.2 Å². The monoisotopic (exact) mass is 570 g/mol. The van der Waals surface area contributed by atoms with Gasteiger partial charge in [0.15, 0.2) is 17.2 Å². The first-order valence-corrected chi connectivity index (χ1v) is 12.5. The number of nitrogens with two attached hydrogens (primary N) is 1. The second kappa shape index (κ2) is 10.6. The number of hydrogen-bond donors (Lipinski definition) is 2. The number of pyridine rings is 2. The van der Waals surface area contributed by atoms with Gasteiger partial charge >= 0.3 is 12.1 Å². The first-order valence-electron chi connectivity index (χ1n) is 12.5. The molecule has 0 bridgehead atoms. The number of carbonyl (C=O) groups excluding carboxylic acids is 1. The largest absolute Gasteiger partial charge is 0.490 e. The number of hydrogen-bond acceptors (Lipinski definition) is 8. The molecule has 15 heteroatoms. The van der Waals surface area contributed by atoms with Crippen LogP contribution < -0.4 is 5.73 Å². The summed E-state index contributed by atoms with van der Waals surface area (Å²) in [7, 11) is 1.88. The van der Waals surface area contributed by atoms with Crippen molar-refractivity contribution in [3.63, 3.8) is 0 Å². The number of anilines is 1. The van der Waals surface area contributed by atoms with E-state index in [0.717, 1.165) is 59.0 Å². The van der Waals surface area contributed by atoms with Crippen LogP contribution >= 0.6 is 0 Å². The van der Waals surface area contributed by atoms with E-state index in [1.165, 1.54) is 0 Å². The van der Waals surface area contributed by atoms with Crippen LogP contribution in [0.4, 0.5) is 19.0 Å². The van der Waals surface area contributed by atoms with Crippen LogP contribution in [-0.2, 0) is 16.6 Å². The van der Waals surface area contributed by atoms with Crippen molar-refractivity contribution in [3.8, 4) is 22.6 Å². The molecule has 6 rings (SSSR count). The maximum Gasteiger partial charge on any atom is 0.490 e. The summed E-state index contributed by atoms with van der Waals surface area (Å²) in [6.45, 7) is 3.13. The van der Waals surface area contributed by atoms with Gasteiger partial charge < -0.3 is 20.2 Å². The Morgan fingerprint density at radius 1 is 1.15 bits per heavy atom. The summed E-state index contributed by atoms with van der Waals surface area (Å²) >= 11 is 0. The SMILES string of the molecule is CC(=O)N1CCC(n2cc(-c3cnc(N)c4oc(-c5c6ccncc6nn5C)cc34)cn2)CC1.O=C(O)C(F)(F)F. The van der Waals surface area contributed by atoms with Crippen LogP contribution in [0.25, 0.3) is 44.5 Å². The quantitative estimate of drug-likeness (QED) is 0.327. The number of alkyl halides is 3. The average molecular weight is 571 g/mol. The number of nitrogen functional groups attached to an aromatic ring is 1. The van der Waals surface area contributed by atoms with Crippen molar-refractivity contribution >= 4 is 39.6 Å². The number of nitrogens with zero attached hydrogens (tertiary/aromatic N) is 7. The predicted octanol–water partition coefficient (Wildman–Crippen LogP) is 4.04. The molecule has 0 aliphatic carbocycles. The molecule has 41 heavy (non-hydrogen) atoms. The zero-order chi connectivity index (χ0) is 29.5. The van der Waals surface area contributed by atoms with E-state index in [9.17, 15) is 18.0 Å². The topological polar surface area (TPSA) is 158 Å². The van der Waals surface area contributed by atoms with Crippen molar-refractivity contribution in [3.05, 3.63) is 43.1 Å². The maximum atomic E-state index is 11.6. The molecule has 1 fully saturated rings. The van der Waals surface area contributed by atoms with Crippen LogP contribution in [-0.4, -0.2) is 70.7 Å². The molecular formula is C26H25F3N8O4. The zero-order valence-electron chi connectivity index (χ0n) is 22.0. The highest BCUT2D eigenvalue weighted by atomic mass is 19.4. The molecule has 6 heterocycles. The number of aromatic nitrogens is 6. The second-order valence-corrected chi connectivity index (χ2v) is 9.52. The molecule has 0 spiro atoms. The van der Waals surface area contributed by atoms with Crippen LogP contribution in [0.5, 0.6) is 0 Å². The minimum Gasteiger partial charge on any atom is -0.475 e. The first-order chi connectivity index (χ1) is 19.4. The molecule has 1 saturated heterocycles. The van der Waals surface area contributed by atoms with E-state index in [4.69, 9.17) is 20.1 Å². The lowest BCUT2D eigenvalue weighted by atomic mass is 10.0. The Hall–Kier alpha value is -4.95. The Labute approximate surface area is 230 Å². The van der Waals surface area contributed by atoms with E-state index in [0.29, 0.717) is 17.2 Å². The number of furan rings is 1. The summed E-state index contributed by atoms with van der Waals surface area (Å²) in [6, 6.07) is 4.17. The minimum absolute atomic E-state index is 0.128. The number of aryl methyl sites for hydroxylation is 1. The van der Waals surface area contributed by atoms with Crippen LogP contribution in [0, 0.1) is 0 Å². The lowest BCUT2D eigenvalue weighted by Gasteiger charge is -2.31. The lowest BCUT2D eigenvalue weighted by molar-refractivity contribution is -0.192. The van der Waals surface area contributed by atoms with Crippen molar-refractivity contribution in [2.75, 3.05) is 18.8 Å². The molecule has 5 aromatic heterocycles. The molecule has 1 aliphatic heterocycles. The Morgan fingerprint density at radius 2 is 1.85 bits per heavy atom. The molecular weight excluding hydrogens is 545 g/mol. The van der Waals surface area contributed by atoms with E-state index >= 15 is 0 Å². The normalized spacial score (nSPS) is 14.3. The van der Waals surface area contributed by atoms with Gasteiger partial charge in [0.25, 0.3) is 0 Å². The predicted molar refractivity (Wildman–Crippen MR) is 141 cm³/mol. The van der Waals surface area contributed by atoms with Crippen molar-refractivity contribution < 1.29 is 32.3 Å². The zero-order valence-corrected chi connectivity index (χ0v) is 22.0. The van der Waals surface area contributed by atoms with Gasteiger partial charge in [0, 0.05) is 67.6 Å². The van der Waals surface area contributed by atoms with Gasteiger partial charge in [-0.15, -0.1) is 0 Å². The Bertz CT molecular complexity index is 1750. The molecule has 0 atom stereocenters. The molecule has 5 aromatic rings. The Morgan fingerprint density at radius 3 is 2.51 bits per heavy atom. The number of fused-ring (bicyclic) bond motifs is 2. The summed E-state index contributed by atoms with van der Waals surface area (Å²) < 4.78 is 41.7. The fourth-order valence-corrected chi connectivity index (χ4v) is 4.86. The summed E-state index contributed by atoms with van der Waals surface area (Å²) in [5.74, 6) is -1.63. The number of rotatable bonds is 3. The molecule has 0 unspecified atom stereocenters. The van der Waals surface area contributed by atoms with Gasteiger partial charge in [0.1, 0.15) is 11.2 Å². The fraction of sp³-hybridized carbons (Fsp3) is 0.308. The van der Waals surface area contributed by atoms with Crippen LogP contribution in [0.3, 0.4) is 0 Å². The van der Waals surface area contributed by atoms with Gasteiger partial charge in [0.05, 0.1) is 18.4 Å². The molecule has 12 nitrogen and oxygen atoms in total. The Kier molecular flexibility index (Phi) is 7.11. The standard InChI is InChI=1S/C24H24N8O2.C2HF3O2/c1-14(33)31-7-4-16(5-8-31)32-13-15(10-28-32)19-11-27-24(25)23-18(19)9-21(34-23)22-17-3-6-26-12-20(17)29-30(22)2;3-2(4,5)1(6)7/h3,6,9-13,16H,4-5,7-8H2,1-2H3,(H2,25,27);(H,6,7). The van der Waals surface area contributed by atoms with E-state index in [2.05, 4.69) is 20.2 Å².